The first-order chi connectivity index (χ1) is 9.78. The van der Waals surface area contributed by atoms with Crippen molar-refractivity contribution in [2.75, 3.05) is 11.9 Å². The van der Waals surface area contributed by atoms with Gasteiger partial charge in [-0.05, 0) is 43.3 Å². The van der Waals surface area contributed by atoms with Crippen LogP contribution in [-0.4, -0.2) is 18.8 Å². The smallest absolute Gasteiger partial charge is 0.349 e. The molecule has 0 saturated carbocycles. The van der Waals surface area contributed by atoms with Crippen molar-refractivity contribution in [3.8, 4) is 0 Å². The van der Waals surface area contributed by atoms with Crippen molar-refractivity contribution >= 4 is 29.2 Å². The van der Waals surface area contributed by atoms with Gasteiger partial charge < -0.3 is 10.1 Å². The van der Waals surface area contributed by atoms with E-state index in [4.69, 9.17) is 4.74 Å². The van der Waals surface area contributed by atoms with Crippen molar-refractivity contribution < 1.29 is 9.53 Å². The highest BCUT2D eigenvalue weighted by Crippen LogP contribution is 2.19. The van der Waals surface area contributed by atoms with Crippen LogP contribution in [0, 0.1) is 0 Å². The van der Waals surface area contributed by atoms with Gasteiger partial charge in [-0.25, -0.2) is 9.79 Å². The average molecular weight is 268 g/mol. The molecule has 0 aliphatic heterocycles. The molecule has 0 unspecified atom stereocenters. The van der Waals surface area contributed by atoms with Crippen LogP contribution in [0.15, 0.2) is 59.6 Å². The highest BCUT2D eigenvalue weighted by atomic mass is 16.5. The van der Waals surface area contributed by atoms with E-state index in [1.807, 2.05) is 54.6 Å². The zero-order valence-electron chi connectivity index (χ0n) is 11.2. The van der Waals surface area contributed by atoms with Crippen LogP contribution >= 0.6 is 0 Å². The molecule has 4 nitrogen and oxygen atoms in total. The number of hydrogen-bond donors (Lipinski definition) is 1. The first-order valence-corrected chi connectivity index (χ1v) is 6.41. The zero-order valence-corrected chi connectivity index (χ0v) is 11.2. The Bertz CT molecular complexity index is 577. The van der Waals surface area contributed by atoms with E-state index in [0.29, 0.717) is 12.3 Å². The van der Waals surface area contributed by atoms with E-state index in [9.17, 15) is 4.79 Å². The summed E-state index contributed by atoms with van der Waals surface area (Å²) >= 11 is 0. The van der Waals surface area contributed by atoms with Gasteiger partial charge in [-0.1, -0.05) is 18.2 Å². The lowest BCUT2D eigenvalue weighted by Gasteiger charge is -2.05. The van der Waals surface area contributed by atoms with Gasteiger partial charge in [-0.15, -0.1) is 0 Å². The molecule has 2 rings (SSSR count). The summed E-state index contributed by atoms with van der Waals surface area (Å²) in [5.41, 5.74) is 2.69. The van der Waals surface area contributed by atoms with Gasteiger partial charge in [0.1, 0.15) is 6.21 Å². The summed E-state index contributed by atoms with van der Waals surface area (Å²) in [5.74, 6) is -0.431. The van der Waals surface area contributed by atoms with Gasteiger partial charge in [0.2, 0.25) is 0 Å². The third kappa shape index (κ3) is 4.24. The minimum Gasteiger partial charge on any atom is -0.462 e. The molecule has 0 saturated heterocycles. The summed E-state index contributed by atoms with van der Waals surface area (Å²) < 4.78 is 4.77. The van der Waals surface area contributed by atoms with Gasteiger partial charge >= 0.3 is 5.97 Å². The maximum absolute atomic E-state index is 11.1. The quantitative estimate of drug-likeness (QED) is 0.664. The molecule has 2 aromatic rings. The Morgan fingerprint density at radius 1 is 1.10 bits per heavy atom. The van der Waals surface area contributed by atoms with E-state index < -0.39 is 5.97 Å². The number of benzene rings is 2. The summed E-state index contributed by atoms with van der Waals surface area (Å²) in [7, 11) is 0. The molecule has 0 fully saturated rings. The molecular weight excluding hydrogens is 252 g/mol. The van der Waals surface area contributed by atoms with Crippen molar-refractivity contribution in [1.82, 2.24) is 0 Å². The Morgan fingerprint density at radius 2 is 1.75 bits per heavy atom. The van der Waals surface area contributed by atoms with E-state index >= 15 is 0 Å². The van der Waals surface area contributed by atoms with Gasteiger partial charge in [-0.3, -0.25) is 0 Å². The van der Waals surface area contributed by atoms with Gasteiger partial charge in [0.05, 0.1) is 12.3 Å². The third-order valence-corrected chi connectivity index (χ3v) is 2.54. The van der Waals surface area contributed by atoms with Crippen LogP contribution in [0.5, 0.6) is 0 Å². The van der Waals surface area contributed by atoms with E-state index in [-0.39, 0.29) is 0 Å². The second-order valence-electron chi connectivity index (χ2n) is 4.05. The SMILES string of the molecule is CCOC(=O)C=Nc1ccc(Nc2ccccc2)cc1. The Morgan fingerprint density at radius 3 is 2.40 bits per heavy atom. The topological polar surface area (TPSA) is 50.7 Å². The summed E-state index contributed by atoms with van der Waals surface area (Å²) in [4.78, 5) is 15.2. The Balaban J connectivity index is 1.98. The van der Waals surface area contributed by atoms with Gasteiger partial charge in [-0.2, -0.15) is 0 Å². The number of esters is 1. The number of ether oxygens (including phenoxy) is 1. The minimum absolute atomic E-state index is 0.352. The van der Waals surface area contributed by atoms with Gasteiger partial charge in [0.25, 0.3) is 0 Å². The van der Waals surface area contributed by atoms with Crippen molar-refractivity contribution in [1.29, 1.82) is 0 Å². The number of para-hydroxylation sites is 1. The maximum atomic E-state index is 11.1. The fourth-order valence-corrected chi connectivity index (χ4v) is 1.63. The van der Waals surface area contributed by atoms with Crippen LogP contribution in [0.1, 0.15) is 6.92 Å². The van der Waals surface area contributed by atoms with Crippen LogP contribution in [0.4, 0.5) is 17.1 Å². The number of aliphatic imine (C=N–C) groups is 1. The minimum atomic E-state index is -0.431. The lowest BCUT2D eigenvalue weighted by Crippen LogP contribution is -2.04. The lowest BCUT2D eigenvalue weighted by molar-refractivity contribution is -0.134. The largest absolute Gasteiger partial charge is 0.462 e. The maximum Gasteiger partial charge on any atom is 0.349 e. The summed E-state index contributed by atoms with van der Waals surface area (Å²) in [5, 5.41) is 3.27. The molecule has 102 valence electrons. The summed E-state index contributed by atoms with van der Waals surface area (Å²) in [6, 6.07) is 17.4. The molecule has 0 bridgehead atoms. The molecule has 0 aromatic heterocycles. The van der Waals surface area contributed by atoms with Crippen molar-refractivity contribution in [3.05, 3.63) is 54.6 Å². The number of nitrogens with one attached hydrogen (secondary N) is 1. The van der Waals surface area contributed by atoms with Crippen molar-refractivity contribution in [2.45, 2.75) is 6.92 Å². The molecule has 1 N–H and O–H groups in total. The molecule has 0 atom stereocenters. The first-order valence-electron chi connectivity index (χ1n) is 6.41. The second kappa shape index (κ2) is 7.09. The molecule has 4 heteroatoms. The molecular formula is C16H16N2O2. The fourth-order valence-electron chi connectivity index (χ4n) is 1.63. The number of anilines is 2. The average Bonchev–Trinajstić information content (AvgIpc) is 2.48. The molecule has 20 heavy (non-hydrogen) atoms. The molecule has 0 heterocycles. The number of nitrogens with zero attached hydrogens (tertiary/aromatic N) is 1. The third-order valence-electron chi connectivity index (χ3n) is 2.54. The highest BCUT2D eigenvalue weighted by molar-refractivity contribution is 6.23. The predicted octanol–water partition coefficient (Wildman–Crippen LogP) is 3.70. The van der Waals surface area contributed by atoms with Crippen molar-refractivity contribution in [3.63, 3.8) is 0 Å². The number of carbonyl (C=O) groups excluding carboxylic acids is 1. The Hall–Kier alpha value is -2.62. The van der Waals surface area contributed by atoms with E-state index in [1.165, 1.54) is 6.21 Å². The molecule has 0 aliphatic rings. The first kappa shape index (κ1) is 13.8. The molecule has 2 aromatic carbocycles. The van der Waals surface area contributed by atoms with Gasteiger partial charge in [0.15, 0.2) is 0 Å². The van der Waals surface area contributed by atoms with Crippen LogP contribution < -0.4 is 5.32 Å². The van der Waals surface area contributed by atoms with Crippen LogP contribution in [-0.2, 0) is 9.53 Å². The van der Waals surface area contributed by atoms with E-state index in [1.54, 1.807) is 6.92 Å². The highest BCUT2D eigenvalue weighted by Gasteiger charge is 1.97. The predicted molar refractivity (Wildman–Crippen MR) is 81.0 cm³/mol. The fraction of sp³-hybridized carbons (Fsp3) is 0.125. The number of carbonyl (C=O) groups is 1. The second-order valence-corrected chi connectivity index (χ2v) is 4.05. The summed E-state index contributed by atoms with van der Waals surface area (Å²) in [6.45, 7) is 2.11. The van der Waals surface area contributed by atoms with Crippen LogP contribution in [0.25, 0.3) is 0 Å². The normalized spacial score (nSPS) is 10.4. The molecule has 0 radical (unpaired) electrons. The molecule has 0 spiro atoms. The Labute approximate surface area is 118 Å². The van der Waals surface area contributed by atoms with Crippen LogP contribution in [0.3, 0.4) is 0 Å². The molecule has 0 amide bonds. The van der Waals surface area contributed by atoms with E-state index in [2.05, 4.69) is 10.3 Å². The van der Waals surface area contributed by atoms with Gasteiger partial charge in [0, 0.05) is 11.4 Å². The number of hydrogen-bond acceptors (Lipinski definition) is 4. The zero-order chi connectivity index (χ0) is 14.2. The lowest BCUT2D eigenvalue weighted by atomic mass is 10.2. The molecule has 0 aliphatic carbocycles. The van der Waals surface area contributed by atoms with Crippen LogP contribution in [0.2, 0.25) is 0 Å². The number of rotatable bonds is 5. The summed E-state index contributed by atoms with van der Waals surface area (Å²) in [6.07, 6.45) is 1.18. The standard InChI is InChI=1S/C16H16N2O2/c1-2-20-16(19)12-17-13-8-10-15(11-9-13)18-14-6-4-3-5-7-14/h3-12,18H,2H2,1H3. The monoisotopic (exact) mass is 268 g/mol. The van der Waals surface area contributed by atoms with Crippen molar-refractivity contribution in [2.24, 2.45) is 4.99 Å². The Kier molecular flexibility index (Phi) is 4.89. The van der Waals surface area contributed by atoms with E-state index in [0.717, 1.165) is 11.4 Å².